The van der Waals surface area contributed by atoms with Crippen molar-refractivity contribution >= 4 is 13.3 Å². The summed E-state index contributed by atoms with van der Waals surface area (Å²) in [6, 6.07) is 10.1. The predicted molar refractivity (Wildman–Crippen MR) is 49.8 cm³/mol. The summed E-state index contributed by atoms with van der Waals surface area (Å²) in [5, 5.41) is 10.3. The van der Waals surface area contributed by atoms with Gasteiger partial charge in [0.2, 0.25) is 0 Å². The molecule has 0 amide bonds. The fourth-order valence-corrected chi connectivity index (χ4v) is 2.14. The second kappa shape index (κ2) is 5.54. The summed E-state index contributed by atoms with van der Waals surface area (Å²) in [7, 11) is -1.62. The van der Waals surface area contributed by atoms with Crippen LogP contribution in [0.3, 0.4) is 0 Å². The molecule has 0 spiro atoms. The molecule has 0 saturated carbocycles. The minimum atomic E-state index is -1.62. The standard InChI is InChI=1S/C9H13OSi.Mn.Rf/c1-11(2,8-10)9-6-4-3-5-7-9;;/h3-8,10H,1-2H3;;/q-1;;. The second-order valence-electron chi connectivity index (χ2n) is 3.22. The van der Waals surface area contributed by atoms with Crippen LogP contribution in [0.4, 0.5) is 0 Å². The quantitative estimate of drug-likeness (QED) is 0.498. The Morgan fingerprint density at radius 2 is 1.62 bits per heavy atom. The van der Waals surface area contributed by atoms with Crippen LogP contribution in [0.15, 0.2) is 30.3 Å². The summed E-state index contributed by atoms with van der Waals surface area (Å²) in [6.07, 6.45) is 1.36. The summed E-state index contributed by atoms with van der Waals surface area (Å²) in [4.78, 5) is 0. The summed E-state index contributed by atoms with van der Waals surface area (Å²) < 4.78 is 0. The Kier molecular flexibility index (Phi) is 6.16. The number of hydrogen-bond acceptors (Lipinski definition) is 1. The molecule has 69 valence electrons. The van der Waals surface area contributed by atoms with Gasteiger partial charge in [0.05, 0.1) is 0 Å². The van der Waals surface area contributed by atoms with Gasteiger partial charge in [0.1, 0.15) is 0 Å². The van der Waals surface area contributed by atoms with Crippen molar-refractivity contribution in [3.63, 3.8) is 0 Å². The van der Waals surface area contributed by atoms with Gasteiger partial charge in [-0.25, -0.2) is 6.23 Å². The van der Waals surface area contributed by atoms with Crippen LogP contribution in [-0.4, -0.2) is 13.2 Å². The topological polar surface area (TPSA) is 20.2 Å². The first kappa shape index (κ1) is 14.4. The third kappa shape index (κ3) is 3.43. The maximum atomic E-state index is 8.98. The molecule has 0 aliphatic carbocycles. The van der Waals surface area contributed by atoms with Crippen molar-refractivity contribution < 1.29 is 22.2 Å². The molecule has 1 aromatic carbocycles. The summed E-state index contributed by atoms with van der Waals surface area (Å²) in [5.74, 6) is 0. The Bertz CT molecular complexity index is 228. The third-order valence-corrected chi connectivity index (χ3v) is 4.31. The van der Waals surface area contributed by atoms with Gasteiger partial charge in [0, 0.05) is 17.1 Å². The van der Waals surface area contributed by atoms with E-state index in [1.165, 1.54) is 11.4 Å². The molecule has 0 unspecified atom stereocenters. The molecule has 1 N–H and O–H groups in total. The first-order valence-corrected chi connectivity index (χ1v) is 6.78. The van der Waals surface area contributed by atoms with E-state index in [1.54, 1.807) is 0 Å². The molecule has 1 rings (SSSR count). The number of aliphatic hydroxyl groups is 1. The van der Waals surface area contributed by atoms with Crippen molar-refractivity contribution in [2.24, 2.45) is 0 Å². The molecular formula is C9H13MnORfSi-. The molecule has 1 aromatic rings. The van der Waals surface area contributed by atoms with E-state index in [1.807, 2.05) is 18.2 Å². The zero-order valence-corrected chi connectivity index (χ0v) is 16.6. The minimum Gasteiger partial charge on any atom is -0.567 e. The monoisotopic (exact) mass is 487 g/mol. The average Bonchev–Trinajstić information content (AvgIpc) is 2.06. The van der Waals surface area contributed by atoms with Gasteiger partial charge in [-0.05, 0) is 8.07 Å². The predicted octanol–water partition coefficient (Wildman–Crippen LogP) is 1.67. The molecule has 4 heteroatoms. The molecule has 0 atom stereocenters. The number of hydrogen-bond donors (Lipinski definition) is 1. The van der Waals surface area contributed by atoms with Crippen LogP contribution in [0.1, 0.15) is 0 Å². The van der Waals surface area contributed by atoms with Gasteiger partial charge in [-0.1, -0.05) is 48.6 Å². The van der Waals surface area contributed by atoms with Crippen LogP contribution < -0.4 is 5.19 Å². The first-order valence-electron chi connectivity index (χ1n) is 3.71. The Morgan fingerprint density at radius 3 is 2.00 bits per heavy atom. The van der Waals surface area contributed by atoms with Gasteiger partial charge in [0.15, 0.2) is 0 Å². The van der Waals surface area contributed by atoms with Crippen molar-refractivity contribution in [2.75, 3.05) is 0 Å². The SMILES string of the molecule is C[Si](C)([CH-]O)c1ccccc1.[Mn].[Rf]. The van der Waals surface area contributed by atoms with Gasteiger partial charge in [-0.3, -0.25) is 0 Å². The minimum absolute atomic E-state index is 0. The van der Waals surface area contributed by atoms with E-state index in [0.29, 0.717) is 0 Å². The molecule has 0 aromatic heterocycles. The van der Waals surface area contributed by atoms with Gasteiger partial charge in [-0.15, -0.1) is 0 Å². The number of benzene rings is 1. The molecule has 0 aliphatic heterocycles. The van der Waals surface area contributed by atoms with Crippen molar-refractivity contribution in [3.05, 3.63) is 36.6 Å². The van der Waals surface area contributed by atoms with Gasteiger partial charge < -0.3 is 5.11 Å². The van der Waals surface area contributed by atoms with Crippen LogP contribution in [0.25, 0.3) is 0 Å². The molecule has 0 aliphatic rings. The largest absolute Gasteiger partial charge is 0.567 e. The molecular weight excluding hydrogens is 474 g/mol. The van der Waals surface area contributed by atoms with Crippen LogP contribution in [0, 0.1) is 6.23 Å². The fourth-order valence-electron chi connectivity index (χ4n) is 0.942. The van der Waals surface area contributed by atoms with E-state index in [9.17, 15) is 0 Å². The number of aliphatic hydroxyl groups excluding tert-OH is 1. The van der Waals surface area contributed by atoms with Gasteiger partial charge in [-0.2, -0.15) is 0 Å². The second-order valence-corrected chi connectivity index (χ2v) is 7.50. The van der Waals surface area contributed by atoms with E-state index < -0.39 is 8.07 Å². The van der Waals surface area contributed by atoms with Crippen molar-refractivity contribution in [3.8, 4) is 0 Å². The smallest absolute Gasteiger partial charge is 0 e. The molecule has 0 heterocycles. The molecule has 0 saturated heterocycles. The number of rotatable bonds is 2. The summed E-state index contributed by atoms with van der Waals surface area (Å²) in [5.41, 5.74) is 0. The molecule has 0 bridgehead atoms. The van der Waals surface area contributed by atoms with Gasteiger partial charge >= 0.3 is 0 Å². The molecule has 1 nitrogen and oxygen atoms in total. The first-order chi connectivity index (χ1) is 5.17. The van der Waals surface area contributed by atoms with E-state index >= 15 is 0 Å². The summed E-state index contributed by atoms with van der Waals surface area (Å²) >= 11 is 0. The molecule has 13 heavy (non-hydrogen) atoms. The molecule has 0 fully saturated rings. The van der Waals surface area contributed by atoms with Crippen LogP contribution >= 0.6 is 0 Å². The van der Waals surface area contributed by atoms with E-state index in [4.69, 9.17) is 5.11 Å². The Balaban J connectivity index is 0. The maximum absolute atomic E-state index is 8.98. The maximum Gasteiger partial charge on any atom is 0 e. The molecule has 1 radical (unpaired) electrons. The zero-order chi connectivity index (χ0) is 8.32. The van der Waals surface area contributed by atoms with Crippen LogP contribution in [0.5, 0.6) is 0 Å². The summed E-state index contributed by atoms with van der Waals surface area (Å²) in [6.45, 7) is 4.23. The third-order valence-electron chi connectivity index (χ3n) is 1.84. The zero-order valence-electron chi connectivity index (χ0n) is 8.00. The Hall–Kier alpha value is -1.08. The normalized spacial score (nSPS) is 9.77. The van der Waals surface area contributed by atoms with Gasteiger partial charge in [0.25, 0.3) is 0 Å². The van der Waals surface area contributed by atoms with E-state index in [2.05, 4.69) is 25.2 Å². The van der Waals surface area contributed by atoms with E-state index in [-0.39, 0.29) is 17.1 Å². The van der Waals surface area contributed by atoms with Crippen LogP contribution in [-0.2, 0) is 17.1 Å². The Labute approximate surface area is 85.3 Å². The average molecular weight is 487 g/mol. The van der Waals surface area contributed by atoms with Crippen molar-refractivity contribution in [2.45, 2.75) is 13.1 Å². The van der Waals surface area contributed by atoms with Crippen molar-refractivity contribution in [1.82, 2.24) is 0 Å². The van der Waals surface area contributed by atoms with Crippen LogP contribution in [0.2, 0.25) is 13.1 Å². The van der Waals surface area contributed by atoms with E-state index in [0.717, 1.165) is 0 Å². The Morgan fingerprint density at radius 1 is 1.15 bits per heavy atom. The van der Waals surface area contributed by atoms with Crippen molar-refractivity contribution in [1.29, 1.82) is 0 Å². The fraction of sp³-hybridized carbons (Fsp3) is 0.222.